The minimum Gasteiger partial charge on any atom is -0.325 e. The number of nitrogens with zero attached hydrogens (tertiary/aromatic N) is 3. The summed E-state index contributed by atoms with van der Waals surface area (Å²) < 4.78 is 2.02. The lowest BCUT2D eigenvalue weighted by Crippen LogP contribution is -2.24. The highest BCUT2D eigenvalue weighted by Gasteiger charge is 2.31. The van der Waals surface area contributed by atoms with Crippen molar-refractivity contribution in [1.29, 1.82) is 0 Å². The summed E-state index contributed by atoms with van der Waals surface area (Å²) in [7, 11) is 0. The van der Waals surface area contributed by atoms with Gasteiger partial charge < -0.3 is 9.88 Å². The number of aromatic nitrogens is 3. The van der Waals surface area contributed by atoms with Crippen LogP contribution < -0.4 is 5.32 Å². The molecule has 180 valence electrons. The number of hydrogen-bond donors (Lipinski definition) is 1. The van der Waals surface area contributed by atoms with Crippen molar-refractivity contribution in [2.45, 2.75) is 32.0 Å². The molecule has 1 aliphatic carbocycles. The summed E-state index contributed by atoms with van der Waals surface area (Å²) in [5.74, 6) is 0.0631. The summed E-state index contributed by atoms with van der Waals surface area (Å²) in [5, 5.41) is 12.2. The lowest BCUT2D eigenvalue weighted by molar-refractivity contribution is -0.113. The number of carbonyl (C=O) groups is 3. The smallest absolute Gasteiger partial charge is 0.234 e. The number of nitrogens with one attached hydrogen (secondary N) is 1. The Morgan fingerprint density at radius 3 is 2.39 bits per heavy atom. The summed E-state index contributed by atoms with van der Waals surface area (Å²) in [4.78, 5) is 39.0. The number of rotatable bonds is 7. The molecule has 0 atom stereocenters. The van der Waals surface area contributed by atoms with Gasteiger partial charge in [0.1, 0.15) is 0 Å². The summed E-state index contributed by atoms with van der Waals surface area (Å²) in [6.45, 7) is 4.84. The van der Waals surface area contributed by atoms with Crippen LogP contribution in [0.4, 0.5) is 5.69 Å². The van der Waals surface area contributed by atoms with Crippen molar-refractivity contribution >= 4 is 34.9 Å². The van der Waals surface area contributed by atoms with Gasteiger partial charge in [-0.3, -0.25) is 14.4 Å². The van der Waals surface area contributed by atoms with E-state index in [9.17, 15) is 14.4 Å². The van der Waals surface area contributed by atoms with Gasteiger partial charge in [-0.2, -0.15) is 0 Å². The van der Waals surface area contributed by atoms with Crippen LogP contribution in [0.1, 0.15) is 50.8 Å². The van der Waals surface area contributed by atoms with E-state index in [1.54, 1.807) is 42.5 Å². The van der Waals surface area contributed by atoms with E-state index in [1.807, 2.05) is 29.7 Å². The zero-order chi connectivity index (χ0) is 25.2. The molecule has 0 saturated carbocycles. The summed E-state index contributed by atoms with van der Waals surface area (Å²) in [6, 6.07) is 19.8. The van der Waals surface area contributed by atoms with Gasteiger partial charge in [0.15, 0.2) is 22.5 Å². The lowest BCUT2D eigenvalue weighted by Gasteiger charge is -2.20. The number of ketones is 2. The van der Waals surface area contributed by atoms with Gasteiger partial charge in [-0.25, -0.2) is 0 Å². The van der Waals surface area contributed by atoms with E-state index in [0.717, 1.165) is 29.9 Å². The minimum atomic E-state index is -0.296. The number of benzene rings is 3. The van der Waals surface area contributed by atoms with Gasteiger partial charge in [0, 0.05) is 28.8 Å². The van der Waals surface area contributed by atoms with Crippen LogP contribution >= 0.6 is 11.8 Å². The first-order chi connectivity index (χ1) is 17.5. The van der Waals surface area contributed by atoms with Crippen molar-refractivity contribution in [2.24, 2.45) is 0 Å². The third-order valence-corrected chi connectivity index (χ3v) is 6.97. The molecule has 1 heterocycles. The monoisotopic (exact) mass is 496 g/mol. The molecule has 1 aromatic heterocycles. The predicted octanol–water partition coefficient (Wildman–Crippen LogP) is 5.17. The van der Waals surface area contributed by atoms with Crippen LogP contribution in [0, 0.1) is 6.92 Å². The maximum absolute atomic E-state index is 13.2. The van der Waals surface area contributed by atoms with E-state index in [0.29, 0.717) is 27.5 Å². The second-order valence-electron chi connectivity index (χ2n) is 8.60. The van der Waals surface area contributed by atoms with Gasteiger partial charge in [0.2, 0.25) is 5.91 Å². The number of amides is 1. The second kappa shape index (κ2) is 9.91. The molecule has 0 bridgehead atoms. The molecular weight excluding hydrogens is 472 g/mol. The van der Waals surface area contributed by atoms with Crippen molar-refractivity contribution in [3.63, 3.8) is 0 Å². The summed E-state index contributed by atoms with van der Waals surface area (Å²) in [5.41, 5.74) is 3.71. The molecule has 0 unspecified atom stereocenters. The zero-order valence-corrected chi connectivity index (χ0v) is 20.8. The van der Waals surface area contributed by atoms with Crippen LogP contribution in [0.2, 0.25) is 0 Å². The van der Waals surface area contributed by atoms with E-state index >= 15 is 0 Å². The van der Waals surface area contributed by atoms with Crippen LogP contribution in [0.25, 0.3) is 11.4 Å². The van der Waals surface area contributed by atoms with Gasteiger partial charge in [0.05, 0.1) is 17.0 Å². The van der Waals surface area contributed by atoms with Gasteiger partial charge in [-0.1, -0.05) is 78.8 Å². The number of carbonyl (C=O) groups excluding carboxylic acids is 3. The first kappa shape index (κ1) is 23.7. The fraction of sp³-hybridized carbons (Fsp3) is 0.179. The Bertz CT molecular complexity index is 1510. The maximum Gasteiger partial charge on any atom is 0.234 e. The molecule has 4 aromatic rings. The third kappa shape index (κ3) is 4.35. The van der Waals surface area contributed by atoms with E-state index in [2.05, 4.69) is 28.5 Å². The Morgan fingerprint density at radius 2 is 1.64 bits per heavy atom. The van der Waals surface area contributed by atoms with Crippen molar-refractivity contribution in [3.05, 3.63) is 94.5 Å². The SMILES string of the molecule is CCCn1c(SCC(=O)Nc2cccc3c2C(=O)c2ccccc2C3=O)nnc1-c1cccc(C)c1. The molecule has 1 aliphatic rings. The number of aryl methyl sites for hydroxylation is 1. The van der Waals surface area contributed by atoms with Crippen LogP contribution in [0.15, 0.2) is 71.9 Å². The Kier molecular flexibility index (Phi) is 6.52. The highest BCUT2D eigenvalue weighted by atomic mass is 32.2. The van der Waals surface area contributed by atoms with Crippen molar-refractivity contribution < 1.29 is 14.4 Å². The van der Waals surface area contributed by atoms with Crippen molar-refractivity contribution in [1.82, 2.24) is 14.8 Å². The molecule has 1 N–H and O–H groups in total. The van der Waals surface area contributed by atoms with E-state index in [4.69, 9.17) is 0 Å². The Morgan fingerprint density at radius 1 is 0.917 bits per heavy atom. The highest BCUT2D eigenvalue weighted by molar-refractivity contribution is 7.99. The van der Waals surface area contributed by atoms with Crippen LogP contribution in [-0.2, 0) is 11.3 Å². The largest absolute Gasteiger partial charge is 0.325 e. The Labute approximate surface area is 213 Å². The second-order valence-corrected chi connectivity index (χ2v) is 9.54. The van der Waals surface area contributed by atoms with Crippen molar-refractivity contribution in [3.8, 4) is 11.4 Å². The maximum atomic E-state index is 13.2. The molecule has 0 radical (unpaired) electrons. The van der Waals surface area contributed by atoms with E-state index in [1.165, 1.54) is 11.8 Å². The number of anilines is 1. The Balaban J connectivity index is 1.35. The fourth-order valence-electron chi connectivity index (χ4n) is 4.38. The highest BCUT2D eigenvalue weighted by Crippen LogP contribution is 2.32. The molecular formula is C28H24N4O3S. The van der Waals surface area contributed by atoms with Crippen LogP contribution in [-0.4, -0.2) is 38.0 Å². The molecule has 5 rings (SSSR count). The van der Waals surface area contributed by atoms with Gasteiger partial charge in [0.25, 0.3) is 0 Å². The molecule has 0 saturated heterocycles. The van der Waals surface area contributed by atoms with Crippen LogP contribution in [0.5, 0.6) is 0 Å². The molecule has 0 spiro atoms. The minimum absolute atomic E-state index is 0.0814. The van der Waals surface area contributed by atoms with Gasteiger partial charge in [-0.15, -0.1) is 10.2 Å². The van der Waals surface area contributed by atoms with Crippen molar-refractivity contribution in [2.75, 3.05) is 11.1 Å². The molecule has 0 aliphatic heterocycles. The summed E-state index contributed by atoms with van der Waals surface area (Å²) in [6.07, 6.45) is 0.893. The molecule has 36 heavy (non-hydrogen) atoms. The standard InChI is InChI=1S/C28H24N4O3S/c1-3-14-32-27(18-9-6-8-17(2)15-18)30-31-28(32)36-16-23(33)29-22-13-7-12-21-24(22)26(35)20-11-5-4-10-19(20)25(21)34/h4-13,15H,3,14,16H2,1-2H3,(H,29,33). The predicted molar refractivity (Wildman–Crippen MR) is 140 cm³/mol. The lowest BCUT2D eigenvalue weighted by atomic mass is 9.83. The molecule has 0 fully saturated rings. The Hall–Kier alpha value is -4.04. The molecule has 1 amide bonds. The van der Waals surface area contributed by atoms with E-state index < -0.39 is 0 Å². The first-order valence-corrected chi connectivity index (χ1v) is 12.7. The molecule has 7 nitrogen and oxygen atoms in total. The molecule has 3 aromatic carbocycles. The molecule has 8 heteroatoms. The first-order valence-electron chi connectivity index (χ1n) is 11.7. The number of fused-ring (bicyclic) bond motifs is 2. The normalized spacial score (nSPS) is 12.3. The van der Waals surface area contributed by atoms with Gasteiger partial charge in [-0.05, 0) is 25.5 Å². The van der Waals surface area contributed by atoms with Crippen LogP contribution in [0.3, 0.4) is 0 Å². The number of thioether (sulfide) groups is 1. The summed E-state index contributed by atoms with van der Waals surface area (Å²) >= 11 is 1.29. The van der Waals surface area contributed by atoms with Gasteiger partial charge >= 0.3 is 0 Å². The zero-order valence-electron chi connectivity index (χ0n) is 19.9. The number of hydrogen-bond acceptors (Lipinski definition) is 6. The quantitative estimate of drug-likeness (QED) is 0.313. The average molecular weight is 497 g/mol. The fourth-order valence-corrected chi connectivity index (χ4v) is 5.15. The third-order valence-electron chi connectivity index (χ3n) is 6.00. The van der Waals surface area contributed by atoms with E-state index in [-0.39, 0.29) is 28.8 Å². The average Bonchev–Trinajstić information content (AvgIpc) is 3.28. The topological polar surface area (TPSA) is 94.0 Å².